The number of hydrazine groups is 1. The number of nitrogens with zero attached hydrogens (tertiary/aromatic N) is 4. The third kappa shape index (κ3) is 8.71. The number of hydrogen-bond acceptors (Lipinski definition) is 7. The molecule has 3 N–H and O–H groups in total. The van der Waals surface area contributed by atoms with Crippen LogP contribution in [0.5, 0.6) is 5.75 Å². The van der Waals surface area contributed by atoms with Gasteiger partial charge in [0.05, 0.1) is 13.2 Å². The summed E-state index contributed by atoms with van der Waals surface area (Å²) in [5.74, 6) is 0.551. The van der Waals surface area contributed by atoms with Crippen molar-refractivity contribution in [3.05, 3.63) is 145 Å². The molecule has 1 amide bonds. The molecule has 47 heavy (non-hydrogen) atoms. The highest BCUT2D eigenvalue weighted by Gasteiger charge is 2.53. The number of carbonyl (C=O) groups is 1. The molecule has 0 saturated heterocycles. The Morgan fingerprint density at radius 2 is 1.85 bits per heavy atom. The van der Waals surface area contributed by atoms with Crippen molar-refractivity contribution in [2.45, 2.75) is 37.5 Å². The van der Waals surface area contributed by atoms with E-state index in [1.165, 1.54) is 0 Å². The first-order valence-corrected chi connectivity index (χ1v) is 16.3. The molecule has 0 saturated carbocycles. The Hall–Kier alpha value is -4.38. The van der Waals surface area contributed by atoms with Crippen molar-refractivity contribution in [1.82, 2.24) is 10.9 Å². The molecule has 0 radical (unpaired) electrons. The van der Waals surface area contributed by atoms with Gasteiger partial charge in [0.15, 0.2) is 11.6 Å². The van der Waals surface area contributed by atoms with E-state index in [4.69, 9.17) is 36.7 Å². The van der Waals surface area contributed by atoms with Gasteiger partial charge in [-0.15, -0.1) is 0 Å². The molecule has 12 heteroatoms. The number of aliphatic hydroxyl groups is 1. The lowest BCUT2D eigenvalue weighted by atomic mass is 9.81. The number of carbonyl (C=O) groups excluding carboxylic acids is 1. The maximum absolute atomic E-state index is 14.5. The number of benzene rings is 4. The van der Waals surface area contributed by atoms with Gasteiger partial charge in [-0.2, -0.15) is 0 Å². The van der Waals surface area contributed by atoms with Crippen LogP contribution in [-0.4, -0.2) is 42.2 Å². The Morgan fingerprint density at radius 1 is 1.06 bits per heavy atom. The molecule has 4 aromatic carbocycles. The normalized spacial score (nSPS) is 16.9. The van der Waals surface area contributed by atoms with E-state index >= 15 is 0 Å². The summed E-state index contributed by atoms with van der Waals surface area (Å²) in [6, 6.07) is 30.0. The van der Waals surface area contributed by atoms with Gasteiger partial charge in [0.1, 0.15) is 5.75 Å². The third-order valence-corrected chi connectivity index (χ3v) is 8.45. The van der Waals surface area contributed by atoms with E-state index in [0.717, 1.165) is 21.2 Å². The van der Waals surface area contributed by atoms with Crippen LogP contribution in [0.3, 0.4) is 0 Å². The number of ether oxygens (including phenoxy) is 2. The lowest BCUT2D eigenvalue weighted by Crippen LogP contribution is -2.54. The summed E-state index contributed by atoms with van der Waals surface area (Å²) < 4.78 is 13.3. The van der Waals surface area contributed by atoms with E-state index < -0.39 is 11.6 Å². The fraction of sp³-hybridized carbons (Fsp3) is 0.257. The second-order valence-corrected chi connectivity index (χ2v) is 12.3. The van der Waals surface area contributed by atoms with E-state index in [-0.39, 0.29) is 25.5 Å². The standard InChI is InChI=1S/C35H34BrClN6O4/c36-28-13-9-25(10-14-28)22-35(34(45)42-39-18-17-24-5-3-7-29(37)21-24)32(31-8-2-1-6-27(31)23-40-43-38)47-33(41-35)26-11-15-30(16-12-26)46-20-4-19-44/h1-3,5-16,21,32,39,44H,4,17-20,22-23H2,(H,42,45)/t32-,35-/m0/s1. The molecule has 0 spiro atoms. The molecular weight excluding hydrogens is 684 g/mol. The Labute approximate surface area is 286 Å². The van der Waals surface area contributed by atoms with Crippen molar-refractivity contribution < 1.29 is 19.4 Å². The van der Waals surface area contributed by atoms with Crippen LogP contribution in [0.1, 0.15) is 40.3 Å². The zero-order chi connectivity index (χ0) is 33.1. The topological polar surface area (TPSA) is 141 Å². The molecule has 0 aliphatic carbocycles. The number of hydrogen-bond donors (Lipinski definition) is 3. The van der Waals surface area contributed by atoms with Gasteiger partial charge in [0.25, 0.3) is 5.91 Å². The molecule has 4 aromatic rings. The predicted octanol–water partition coefficient (Wildman–Crippen LogP) is 7.04. The summed E-state index contributed by atoms with van der Waals surface area (Å²) in [6.45, 7) is 0.963. The summed E-state index contributed by atoms with van der Waals surface area (Å²) in [7, 11) is 0. The van der Waals surface area contributed by atoms with Crippen LogP contribution < -0.4 is 15.6 Å². The maximum atomic E-state index is 14.5. The third-order valence-electron chi connectivity index (χ3n) is 7.69. The quantitative estimate of drug-likeness (QED) is 0.0398. The number of amides is 1. The number of nitrogens with one attached hydrogen (secondary N) is 2. The molecule has 0 fully saturated rings. The molecule has 0 aromatic heterocycles. The Balaban J connectivity index is 1.52. The first-order chi connectivity index (χ1) is 22.9. The highest BCUT2D eigenvalue weighted by atomic mass is 79.9. The first-order valence-electron chi connectivity index (χ1n) is 15.1. The van der Waals surface area contributed by atoms with Crippen molar-refractivity contribution in [1.29, 1.82) is 0 Å². The van der Waals surface area contributed by atoms with Crippen LogP contribution in [-0.2, 0) is 28.9 Å². The van der Waals surface area contributed by atoms with Gasteiger partial charge in [-0.3, -0.25) is 10.2 Å². The van der Waals surface area contributed by atoms with Crippen LogP contribution in [0.15, 0.2) is 112 Å². The van der Waals surface area contributed by atoms with E-state index in [9.17, 15) is 4.79 Å². The molecule has 1 aliphatic heterocycles. The van der Waals surface area contributed by atoms with Crippen molar-refractivity contribution >= 4 is 39.3 Å². The van der Waals surface area contributed by atoms with E-state index in [0.29, 0.717) is 53.8 Å². The molecule has 0 unspecified atom stereocenters. The number of halogens is 2. The largest absolute Gasteiger partial charge is 0.494 e. The Kier molecular flexibility index (Phi) is 11.9. The minimum atomic E-state index is -1.45. The van der Waals surface area contributed by atoms with Crippen LogP contribution in [0.25, 0.3) is 10.4 Å². The molecule has 2 atom stereocenters. The monoisotopic (exact) mass is 716 g/mol. The van der Waals surface area contributed by atoms with E-state index in [1.807, 2.05) is 84.9 Å². The van der Waals surface area contributed by atoms with Crippen molar-refractivity contribution in [2.24, 2.45) is 10.1 Å². The molecule has 1 aliphatic rings. The highest BCUT2D eigenvalue weighted by Crippen LogP contribution is 2.44. The zero-order valence-electron chi connectivity index (χ0n) is 25.5. The minimum absolute atomic E-state index is 0.0449. The van der Waals surface area contributed by atoms with Gasteiger partial charge in [0.2, 0.25) is 5.90 Å². The lowest BCUT2D eigenvalue weighted by molar-refractivity contribution is -0.130. The number of azide groups is 1. The zero-order valence-corrected chi connectivity index (χ0v) is 27.8. The highest BCUT2D eigenvalue weighted by molar-refractivity contribution is 9.10. The van der Waals surface area contributed by atoms with Gasteiger partial charge in [-0.1, -0.05) is 81.2 Å². The SMILES string of the molecule is [N-]=[N+]=NCc1ccccc1[C@@H]1OC(c2ccc(OCCCO)cc2)=N[C@]1(Cc1ccc(Br)cc1)C(=O)NNCCc1cccc(Cl)c1. The number of aliphatic imine (C=N–C) groups is 1. The van der Waals surface area contributed by atoms with Crippen molar-refractivity contribution in [3.63, 3.8) is 0 Å². The first kappa shape index (κ1) is 34.0. The van der Waals surface area contributed by atoms with Crippen LogP contribution in [0.2, 0.25) is 5.02 Å². The van der Waals surface area contributed by atoms with Gasteiger partial charge >= 0.3 is 0 Å². The molecule has 0 bridgehead atoms. The molecule has 242 valence electrons. The second kappa shape index (κ2) is 16.4. The van der Waals surface area contributed by atoms with Gasteiger partial charge in [-0.25, -0.2) is 10.4 Å². The van der Waals surface area contributed by atoms with Gasteiger partial charge < -0.3 is 14.6 Å². The summed E-state index contributed by atoms with van der Waals surface area (Å²) in [4.78, 5) is 22.5. The van der Waals surface area contributed by atoms with E-state index in [1.54, 1.807) is 12.1 Å². The number of rotatable bonds is 15. The summed E-state index contributed by atoms with van der Waals surface area (Å²) in [5.41, 5.74) is 17.6. The smallest absolute Gasteiger partial charge is 0.266 e. The predicted molar refractivity (Wildman–Crippen MR) is 185 cm³/mol. The molecule has 5 rings (SSSR count). The second-order valence-electron chi connectivity index (χ2n) is 10.9. The fourth-order valence-electron chi connectivity index (χ4n) is 5.36. The Bertz CT molecular complexity index is 1750. The summed E-state index contributed by atoms with van der Waals surface area (Å²) in [5, 5.41) is 13.5. The van der Waals surface area contributed by atoms with Gasteiger partial charge in [0, 0.05) is 46.0 Å². The van der Waals surface area contributed by atoms with Crippen LogP contribution in [0.4, 0.5) is 0 Å². The van der Waals surface area contributed by atoms with Crippen LogP contribution in [0, 0.1) is 0 Å². The maximum Gasteiger partial charge on any atom is 0.266 e. The average Bonchev–Trinajstić information content (AvgIpc) is 3.47. The van der Waals surface area contributed by atoms with E-state index in [2.05, 4.69) is 36.8 Å². The average molecular weight is 718 g/mol. The molecule has 1 heterocycles. The van der Waals surface area contributed by atoms with Crippen molar-refractivity contribution in [2.75, 3.05) is 19.8 Å². The van der Waals surface area contributed by atoms with Crippen LogP contribution >= 0.6 is 27.5 Å². The molecular formula is C35H34BrClN6O4. The minimum Gasteiger partial charge on any atom is -0.494 e. The summed E-state index contributed by atoms with van der Waals surface area (Å²) in [6.07, 6.45) is 0.516. The Morgan fingerprint density at radius 3 is 2.60 bits per heavy atom. The number of aliphatic hydroxyl groups excluding tert-OH is 1. The molecule has 10 nitrogen and oxygen atoms in total. The van der Waals surface area contributed by atoms with Crippen molar-refractivity contribution in [3.8, 4) is 5.75 Å². The van der Waals surface area contributed by atoms with Gasteiger partial charge in [-0.05, 0) is 82.7 Å². The fourth-order valence-corrected chi connectivity index (χ4v) is 5.84. The summed E-state index contributed by atoms with van der Waals surface area (Å²) >= 11 is 9.66. The lowest BCUT2D eigenvalue weighted by Gasteiger charge is -2.32.